The summed E-state index contributed by atoms with van der Waals surface area (Å²) in [5.74, 6) is 0.272. The molecule has 0 fully saturated rings. The van der Waals surface area contributed by atoms with Gasteiger partial charge in [-0.25, -0.2) is 0 Å². The first-order valence-corrected chi connectivity index (χ1v) is 9.32. The fraction of sp³-hybridized carbons (Fsp3) is 0.364. The molecular weight excluding hydrogens is 351 g/mol. The van der Waals surface area contributed by atoms with Gasteiger partial charge in [-0.1, -0.05) is 35.9 Å². The van der Waals surface area contributed by atoms with Crippen molar-refractivity contribution in [1.29, 1.82) is 0 Å². The van der Waals surface area contributed by atoms with Gasteiger partial charge < -0.3 is 4.74 Å². The molecule has 0 amide bonds. The van der Waals surface area contributed by atoms with Crippen LogP contribution in [-0.2, 0) is 12.6 Å². The molecular formula is C22H22F3NO. The number of benzene rings is 2. The predicted octanol–water partition coefficient (Wildman–Crippen LogP) is 5.19. The normalized spacial score (nSPS) is 17.4. The Morgan fingerprint density at radius 2 is 1.81 bits per heavy atom. The van der Waals surface area contributed by atoms with Crippen molar-refractivity contribution in [2.24, 2.45) is 0 Å². The second kappa shape index (κ2) is 7.39. The fourth-order valence-corrected chi connectivity index (χ4v) is 4.01. The minimum atomic E-state index is -4.34. The Kier molecular flexibility index (Phi) is 4.96. The Balaban J connectivity index is 1.35. The van der Waals surface area contributed by atoms with Crippen LogP contribution in [0.25, 0.3) is 5.57 Å². The lowest BCUT2D eigenvalue weighted by Crippen LogP contribution is -2.35. The molecule has 1 heterocycles. The molecule has 2 aromatic rings. The van der Waals surface area contributed by atoms with Gasteiger partial charge in [-0.3, -0.25) is 4.90 Å². The molecule has 4 rings (SSSR count). The second-order valence-electron chi connectivity index (χ2n) is 7.14. The van der Waals surface area contributed by atoms with Gasteiger partial charge in [0, 0.05) is 19.6 Å². The summed E-state index contributed by atoms with van der Waals surface area (Å²) in [5, 5.41) is 0. The number of alkyl halides is 3. The van der Waals surface area contributed by atoms with Crippen LogP contribution in [0, 0.1) is 0 Å². The standard InChI is InChI=1S/C22H22F3NO/c23-22(24,25)18-5-3-6-19(14-18)27-13-12-26-11-10-21-17(15-26)9-8-16-4-1-2-7-20(16)21/h1-7,14H,8-13,15H2. The molecule has 0 spiro atoms. The third-order valence-electron chi connectivity index (χ3n) is 5.40. The molecule has 0 saturated heterocycles. The Morgan fingerprint density at radius 3 is 2.67 bits per heavy atom. The Bertz CT molecular complexity index is 857. The lowest BCUT2D eigenvalue weighted by molar-refractivity contribution is -0.137. The van der Waals surface area contributed by atoms with Gasteiger partial charge in [0.2, 0.25) is 0 Å². The van der Waals surface area contributed by atoms with Gasteiger partial charge in [0.1, 0.15) is 12.4 Å². The van der Waals surface area contributed by atoms with Crippen LogP contribution in [0.15, 0.2) is 54.1 Å². The first kappa shape index (κ1) is 18.1. The molecule has 1 aliphatic heterocycles. The van der Waals surface area contributed by atoms with Crippen molar-refractivity contribution in [2.45, 2.75) is 25.4 Å². The summed E-state index contributed by atoms with van der Waals surface area (Å²) < 4.78 is 43.9. The zero-order chi connectivity index (χ0) is 18.9. The summed E-state index contributed by atoms with van der Waals surface area (Å²) in [5.41, 5.74) is 5.16. The molecule has 2 nitrogen and oxygen atoms in total. The molecule has 2 aliphatic rings. The number of nitrogens with zero attached hydrogens (tertiary/aromatic N) is 1. The van der Waals surface area contributed by atoms with Gasteiger partial charge in [-0.05, 0) is 54.2 Å². The number of fused-ring (bicyclic) bond motifs is 2. The van der Waals surface area contributed by atoms with E-state index >= 15 is 0 Å². The van der Waals surface area contributed by atoms with Crippen LogP contribution in [0.5, 0.6) is 5.75 Å². The first-order valence-electron chi connectivity index (χ1n) is 9.32. The molecule has 0 bridgehead atoms. The van der Waals surface area contributed by atoms with E-state index in [1.54, 1.807) is 6.07 Å². The third-order valence-corrected chi connectivity index (χ3v) is 5.40. The van der Waals surface area contributed by atoms with Crippen LogP contribution < -0.4 is 4.74 Å². The van der Waals surface area contributed by atoms with E-state index in [0.29, 0.717) is 13.2 Å². The number of rotatable bonds is 4. The van der Waals surface area contributed by atoms with Gasteiger partial charge >= 0.3 is 6.18 Å². The van der Waals surface area contributed by atoms with Crippen LogP contribution in [0.3, 0.4) is 0 Å². The van der Waals surface area contributed by atoms with Crippen molar-refractivity contribution in [3.8, 4) is 5.75 Å². The molecule has 0 unspecified atom stereocenters. The number of ether oxygens (including phenoxy) is 1. The molecule has 0 N–H and O–H groups in total. The minimum Gasteiger partial charge on any atom is -0.492 e. The predicted molar refractivity (Wildman–Crippen MR) is 99.7 cm³/mol. The van der Waals surface area contributed by atoms with E-state index in [4.69, 9.17) is 4.74 Å². The molecule has 27 heavy (non-hydrogen) atoms. The summed E-state index contributed by atoms with van der Waals surface area (Å²) >= 11 is 0. The number of hydrogen-bond acceptors (Lipinski definition) is 2. The summed E-state index contributed by atoms with van der Waals surface area (Å²) in [4.78, 5) is 2.33. The van der Waals surface area contributed by atoms with Crippen LogP contribution in [0.4, 0.5) is 13.2 Å². The highest BCUT2D eigenvalue weighted by atomic mass is 19.4. The maximum absolute atomic E-state index is 12.8. The monoisotopic (exact) mass is 373 g/mol. The highest BCUT2D eigenvalue weighted by molar-refractivity contribution is 5.74. The van der Waals surface area contributed by atoms with Gasteiger partial charge in [-0.2, -0.15) is 13.2 Å². The maximum Gasteiger partial charge on any atom is 0.416 e. The van der Waals surface area contributed by atoms with Crippen LogP contribution in [0.2, 0.25) is 0 Å². The quantitative estimate of drug-likeness (QED) is 0.731. The largest absolute Gasteiger partial charge is 0.492 e. The van der Waals surface area contributed by atoms with Crippen molar-refractivity contribution in [3.05, 3.63) is 70.8 Å². The van der Waals surface area contributed by atoms with Crippen molar-refractivity contribution < 1.29 is 17.9 Å². The van der Waals surface area contributed by atoms with Gasteiger partial charge in [0.05, 0.1) is 5.56 Å². The molecule has 0 atom stereocenters. The molecule has 5 heteroatoms. The van der Waals surface area contributed by atoms with E-state index in [2.05, 4.69) is 29.2 Å². The van der Waals surface area contributed by atoms with Crippen molar-refractivity contribution in [3.63, 3.8) is 0 Å². The number of aryl methyl sites for hydroxylation is 1. The molecule has 0 saturated carbocycles. The van der Waals surface area contributed by atoms with E-state index in [9.17, 15) is 13.2 Å². The average Bonchev–Trinajstić information content (AvgIpc) is 2.67. The van der Waals surface area contributed by atoms with E-state index in [0.717, 1.165) is 44.5 Å². The van der Waals surface area contributed by atoms with Crippen molar-refractivity contribution in [2.75, 3.05) is 26.2 Å². The summed E-state index contributed by atoms with van der Waals surface area (Å²) in [6, 6.07) is 13.7. The SMILES string of the molecule is FC(F)(F)c1cccc(OCCN2CCC3=C(CCc4ccccc43)C2)c1. The summed E-state index contributed by atoms with van der Waals surface area (Å²) in [6.45, 7) is 2.99. The van der Waals surface area contributed by atoms with E-state index in [1.807, 2.05) is 0 Å². The molecule has 142 valence electrons. The second-order valence-corrected chi connectivity index (χ2v) is 7.14. The molecule has 2 aromatic carbocycles. The summed E-state index contributed by atoms with van der Waals surface area (Å²) in [7, 11) is 0. The maximum atomic E-state index is 12.8. The lowest BCUT2D eigenvalue weighted by atomic mass is 9.82. The van der Waals surface area contributed by atoms with Crippen molar-refractivity contribution >= 4 is 5.57 Å². The summed E-state index contributed by atoms with van der Waals surface area (Å²) in [6.07, 6.45) is -1.14. The molecule has 0 aromatic heterocycles. The van der Waals surface area contributed by atoms with E-state index in [-0.39, 0.29) is 5.75 Å². The Morgan fingerprint density at radius 1 is 0.963 bits per heavy atom. The van der Waals surface area contributed by atoms with Crippen molar-refractivity contribution in [1.82, 2.24) is 4.90 Å². The third kappa shape index (κ3) is 4.03. The smallest absolute Gasteiger partial charge is 0.416 e. The highest BCUT2D eigenvalue weighted by Gasteiger charge is 2.30. The average molecular weight is 373 g/mol. The van der Waals surface area contributed by atoms with Gasteiger partial charge in [0.25, 0.3) is 0 Å². The fourth-order valence-electron chi connectivity index (χ4n) is 4.01. The van der Waals surface area contributed by atoms with Gasteiger partial charge in [0.15, 0.2) is 0 Å². The molecule has 0 radical (unpaired) electrons. The zero-order valence-electron chi connectivity index (χ0n) is 15.1. The van der Waals surface area contributed by atoms with E-state index < -0.39 is 11.7 Å². The Labute approximate surface area is 157 Å². The first-order chi connectivity index (χ1) is 13.0. The van der Waals surface area contributed by atoms with Gasteiger partial charge in [-0.15, -0.1) is 0 Å². The number of halogens is 3. The zero-order valence-corrected chi connectivity index (χ0v) is 15.1. The molecule has 1 aliphatic carbocycles. The lowest BCUT2D eigenvalue weighted by Gasteiger charge is -2.34. The van der Waals surface area contributed by atoms with E-state index in [1.165, 1.54) is 28.3 Å². The Hall–Kier alpha value is -2.27. The highest BCUT2D eigenvalue weighted by Crippen LogP contribution is 2.36. The van der Waals surface area contributed by atoms with Crippen LogP contribution in [-0.4, -0.2) is 31.1 Å². The topological polar surface area (TPSA) is 12.5 Å². The minimum absolute atomic E-state index is 0.272. The van der Waals surface area contributed by atoms with Crippen LogP contribution in [0.1, 0.15) is 29.5 Å². The van der Waals surface area contributed by atoms with Crippen LogP contribution >= 0.6 is 0 Å². The number of hydrogen-bond donors (Lipinski definition) is 0.